The monoisotopic (exact) mass is 292 g/mol. The van der Waals surface area contributed by atoms with Crippen molar-refractivity contribution in [1.82, 2.24) is 10.5 Å². The number of amides is 1. The second kappa shape index (κ2) is 5.50. The minimum Gasteiger partial charge on any atom is -0.480 e. The largest absolute Gasteiger partial charge is 0.480 e. The van der Waals surface area contributed by atoms with Crippen molar-refractivity contribution in [3.05, 3.63) is 17.5 Å². The van der Waals surface area contributed by atoms with Gasteiger partial charge in [0.15, 0.2) is 5.69 Å². The summed E-state index contributed by atoms with van der Waals surface area (Å²) in [5, 5.41) is 16.0. The number of aliphatic carboxylic acids is 1. The van der Waals surface area contributed by atoms with Crippen LogP contribution in [0.5, 0.6) is 0 Å². The van der Waals surface area contributed by atoms with E-state index in [0.29, 0.717) is 18.8 Å². The molecule has 1 heterocycles. The van der Waals surface area contributed by atoms with Crippen LogP contribution in [0.4, 0.5) is 0 Å². The first kappa shape index (κ1) is 14.1. The number of hydrogen-bond acceptors (Lipinski definition) is 4. The molecule has 6 nitrogen and oxygen atoms in total. The van der Waals surface area contributed by atoms with Crippen LogP contribution in [0, 0.1) is 0 Å². The van der Waals surface area contributed by atoms with Gasteiger partial charge in [0, 0.05) is 12.0 Å². The number of nitrogens with one attached hydrogen (secondary N) is 1. The maximum atomic E-state index is 12.3. The van der Waals surface area contributed by atoms with Gasteiger partial charge >= 0.3 is 5.97 Å². The van der Waals surface area contributed by atoms with Gasteiger partial charge in [-0.2, -0.15) is 0 Å². The molecule has 21 heavy (non-hydrogen) atoms. The van der Waals surface area contributed by atoms with Gasteiger partial charge in [-0.3, -0.25) is 4.79 Å². The highest BCUT2D eigenvalue weighted by Gasteiger charge is 2.41. The van der Waals surface area contributed by atoms with Crippen molar-refractivity contribution < 1.29 is 19.2 Å². The predicted molar refractivity (Wildman–Crippen MR) is 74.0 cm³/mol. The Balaban J connectivity index is 1.74. The molecule has 0 aliphatic heterocycles. The minimum atomic E-state index is -1.16. The fraction of sp³-hybridized carbons (Fsp3) is 0.667. The van der Waals surface area contributed by atoms with Crippen molar-refractivity contribution in [2.24, 2.45) is 0 Å². The zero-order valence-electron chi connectivity index (χ0n) is 11.9. The van der Waals surface area contributed by atoms with E-state index >= 15 is 0 Å². The molecule has 114 valence electrons. The molecule has 2 aliphatic rings. The van der Waals surface area contributed by atoms with Crippen molar-refractivity contribution in [1.29, 1.82) is 0 Å². The van der Waals surface area contributed by atoms with Crippen LogP contribution in [0.1, 0.15) is 73.5 Å². The van der Waals surface area contributed by atoms with Crippen LogP contribution in [0.3, 0.4) is 0 Å². The Morgan fingerprint density at radius 3 is 2.48 bits per heavy atom. The van der Waals surface area contributed by atoms with Gasteiger partial charge in [0.05, 0.1) is 0 Å². The van der Waals surface area contributed by atoms with Gasteiger partial charge in [-0.05, 0) is 25.7 Å². The third-order valence-corrected chi connectivity index (χ3v) is 4.46. The van der Waals surface area contributed by atoms with Gasteiger partial charge in [-0.25, -0.2) is 4.79 Å². The molecular formula is C15H20N2O4. The van der Waals surface area contributed by atoms with Crippen molar-refractivity contribution in [3.8, 4) is 0 Å². The van der Waals surface area contributed by atoms with Gasteiger partial charge in [0.2, 0.25) is 0 Å². The maximum absolute atomic E-state index is 12.3. The van der Waals surface area contributed by atoms with E-state index in [-0.39, 0.29) is 5.69 Å². The van der Waals surface area contributed by atoms with Crippen molar-refractivity contribution >= 4 is 11.9 Å². The summed E-state index contributed by atoms with van der Waals surface area (Å²) < 4.78 is 5.16. The van der Waals surface area contributed by atoms with E-state index in [1.54, 1.807) is 6.07 Å². The SMILES string of the molecule is O=C(NC1(C(=O)O)CCCCCC1)c1cc(C2CC2)on1. The highest BCUT2D eigenvalue weighted by molar-refractivity contribution is 5.96. The fourth-order valence-electron chi connectivity index (χ4n) is 2.96. The topological polar surface area (TPSA) is 92.4 Å². The van der Waals surface area contributed by atoms with Gasteiger partial charge in [0.1, 0.15) is 11.3 Å². The van der Waals surface area contributed by atoms with Crippen LogP contribution in [0.25, 0.3) is 0 Å². The summed E-state index contributed by atoms with van der Waals surface area (Å²) in [6, 6.07) is 1.64. The molecule has 0 atom stereocenters. The lowest BCUT2D eigenvalue weighted by Crippen LogP contribution is -2.54. The fourth-order valence-corrected chi connectivity index (χ4v) is 2.96. The van der Waals surface area contributed by atoms with Crippen molar-refractivity contribution in [2.45, 2.75) is 62.8 Å². The summed E-state index contributed by atoms with van der Waals surface area (Å²) in [6.07, 6.45) is 6.74. The molecule has 1 amide bonds. The number of carbonyl (C=O) groups is 2. The lowest BCUT2D eigenvalue weighted by molar-refractivity contribution is -0.145. The average molecular weight is 292 g/mol. The molecule has 0 spiro atoms. The number of nitrogens with zero attached hydrogens (tertiary/aromatic N) is 1. The van der Waals surface area contributed by atoms with Crippen LogP contribution >= 0.6 is 0 Å². The first-order chi connectivity index (χ1) is 10.1. The molecule has 2 aliphatic carbocycles. The molecule has 3 rings (SSSR count). The van der Waals surface area contributed by atoms with E-state index in [2.05, 4.69) is 10.5 Å². The molecule has 6 heteroatoms. The Morgan fingerprint density at radius 2 is 1.90 bits per heavy atom. The zero-order valence-corrected chi connectivity index (χ0v) is 11.9. The molecule has 1 aromatic rings. The number of hydrogen-bond donors (Lipinski definition) is 2. The highest BCUT2D eigenvalue weighted by atomic mass is 16.5. The third-order valence-electron chi connectivity index (χ3n) is 4.46. The third kappa shape index (κ3) is 2.94. The normalized spacial score (nSPS) is 21.5. The molecule has 0 bridgehead atoms. The smallest absolute Gasteiger partial charge is 0.329 e. The molecular weight excluding hydrogens is 272 g/mol. The quantitative estimate of drug-likeness (QED) is 0.832. The van der Waals surface area contributed by atoms with Gasteiger partial charge in [-0.1, -0.05) is 30.8 Å². The summed E-state index contributed by atoms with van der Waals surface area (Å²) >= 11 is 0. The lowest BCUT2D eigenvalue weighted by atomic mass is 9.90. The average Bonchev–Trinajstić information content (AvgIpc) is 3.23. The van der Waals surface area contributed by atoms with E-state index < -0.39 is 17.4 Å². The second-order valence-corrected chi connectivity index (χ2v) is 6.14. The first-order valence-corrected chi connectivity index (χ1v) is 7.63. The molecule has 0 saturated heterocycles. The number of carboxylic acid groups (broad SMARTS) is 1. The number of aromatic nitrogens is 1. The van der Waals surface area contributed by atoms with E-state index in [0.717, 1.165) is 44.3 Å². The Kier molecular flexibility index (Phi) is 3.69. The van der Waals surface area contributed by atoms with Crippen LogP contribution < -0.4 is 5.32 Å². The standard InChI is InChI=1S/C15H20N2O4/c18-13(11-9-12(21-17-11)10-5-6-10)16-15(14(19)20)7-3-1-2-4-8-15/h9-10H,1-8H2,(H,16,18)(H,19,20). The van der Waals surface area contributed by atoms with E-state index in [1.807, 2.05) is 0 Å². The predicted octanol–water partition coefficient (Wildman–Crippen LogP) is 2.46. The van der Waals surface area contributed by atoms with Crippen LogP contribution in [-0.2, 0) is 4.79 Å². The summed E-state index contributed by atoms with van der Waals surface area (Å²) in [6.45, 7) is 0. The van der Waals surface area contributed by atoms with Crippen LogP contribution in [-0.4, -0.2) is 27.7 Å². The van der Waals surface area contributed by atoms with Crippen LogP contribution in [0.15, 0.2) is 10.6 Å². The molecule has 0 aromatic carbocycles. The zero-order chi connectivity index (χ0) is 14.9. The minimum absolute atomic E-state index is 0.182. The van der Waals surface area contributed by atoms with E-state index in [1.165, 1.54) is 0 Å². The Hall–Kier alpha value is -1.85. The summed E-state index contributed by atoms with van der Waals surface area (Å²) in [5.41, 5.74) is -0.978. The molecule has 0 unspecified atom stereocenters. The number of carbonyl (C=O) groups excluding carboxylic acids is 1. The Labute approximate surface area is 122 Å². The highest BCUT2D eigenvalue weighted by Crippen LogP contribution is 2.40. The van der Waals surface area contributed by atoms with Gasteiger partial charge in [0.25, 0.3) is 5.91 Å². The second-order valence-electron chi connectivity index (χ2n) is 6.14. The molecule has 1 aromatic heterocycles. The van der Waals surface area contributed by atoms with E-state index in [4.69, 9.17) is 4.52 Å². The van der Waals surface area contributed by atoms with Crippen molar-refractivity contribution in [2.75, 3.05) is 0 Å². The van der Waals surface area contributed by atoms with E-state index in [9.17, 15) is 14.7 Å². The first-order valence-electron chi connectivity index (χ1n) is 7.63. The molecule has 2 N–H and O–H groups in total. The maximum Gasteiger partial charge on any atom is 0.329 e. The number of carboxylic acids is 1. The molecule has 0 radical (unpaired) electrons. The van der Waals surface area contributed by atoms with Crippen molar-refractivity contribution in [3.63, 3.8) is 0 Å². The summed E-state index contributed by atoms with van der Waals surface area (Å²) in [7, 11) is 0. The Bertz CT molecular complexity index is 540. The lowest BCUT2D eigenvalue weighted by Gasteiger charge is -2.28. The van der Waals surface area contributed by atoms with Crippen LogP contribution in [0.2, 0.25) is 0 Å². The number of rotatable bonds is 4. The summed E-state index contributed by atoms with van der Waals surface area (Å²) in [5.74, 6) is -0.297. The van der Waals surface area contributed by atoms with Gasteiger partial charge < -0.3 is 14.9 Å². The molecule has 2 saturated carbocycles. The summed E-state index contributed by atoms with van der Waals surface area (Å²) in [4.78, 5) is 24.0. The van der Waals surface area contributed by atoms with Gasteiger partial charge in [-0.15, -0.1) is 0 Å². The molecule has 2 fully saturated rings. The Morgan fingerprint density at radius 1 is 1.24 bits per heavy atom.